The lowest BCUT2D eigenvalue weighted by Gasteiger charge is -2.19. The van der Waals surface area contributed by atoms with Crippen LogP contribution < -0.4 is 9.47 Å². The quantitative estimate of drug-likeness (QED) is 0.717. The number of halogens is 1. The Kier molecular flexibility index (Phi) is 2.33. The number of fused-ring (bicyclic) bond motifs is 1. The van der Waals surface area contributed by atoms with Crippen molar-refractivity contribution in [3.8, 4) is 11.5 Å². The first-order valence-corrected chi connectivity index (χ1v) is 4.64. The summed E-state index contributed by atoms with van der Waals surface area (Å²) < 4.78 is 10.4. The molecule has 0 aromatic heterocycles. The Morgan fingerprint density at radius 3 is 3.00 bits per heavy atom. The molecule has 0 spiro atoms. The van der Waals surface area contributed by atoms with E-state index in [4.69, 9.17) is 21.1 Å². The molecular weight excluding hydrogens is 204 g/mol. The molecule has 3 nitrogen and oxygen atoms in total. The highest BCUT2D eigenvalue weighted by atomic mass is 35.5. The summed E-state index contributed by atoms with van der Waals surface area (Å²) in [6, 6.07) is 3.31. The van der Waals surface area contributed by atoms with Crippen molar-refractivity contribution >= 4 is 17.4 Å². The summed E-state index contributed by atoms with van der Waals surface area (Å²) in [6.07, 6.45) is 0.414. The average molecular weight is 213 g/mol. The fourth-order valence-electron chi connectivity index (χ4n) is 1.47. The first-order valence-electron chi connectivity index (χ1n) is 4.26. The van der Waals surface area contributed by atoms with Crippen molar-refractivity contribution in [2.75, 3.05) is 13.7 Å². The fraction of sp³-hybridized carbons (Fsp3) is 0.300. The minimum atomic E-state index is 0.0706. The molecule has 1 aromatic carbocycles. The van der Waals surface area contributed by atoms with Gasteiger partial charge in [0.25, 0.3) is 0 Å². The third kappa shape index (κ3) is 1.34. The molecule has 0 bridgehead atoms. The maximum atomic E-state index is 11.5. The molecule has 0 N–H and O–H groups in total. The van der Waals surface area contributed by atoms with Crippen LogP contribution in [0.25, 0.3) is 0 Å². The Labute approximate surface area is 86.6 Å². The highest BCUT2D eigenvalue weighted by molar-refractivity contribution is 6.32. The minimum Gasteiger partial charge on any atom is -0.491 e. The largest absolute Gasteiger partial charge is 0.491 e. The van der Waals surface area contributed by atoms with Gasteiger partial charge in [0, 0.05) is 6.42 Å². The lowest BCUT2D eigenvalue weighted by molar-refractivity contribution is 0.0930. The number of ketones is 1. The van der Waals surface area contributed by atoms with E-state index in [2.05, 4.69) is 0 Å². The van der Waals surface area contributed by atoms with Crippen LogP contribution >= 0.6 is 11.6 Å². The highest BCUT2D eigenvalue weighted by Crippen LogP contribution is 2.40. The zero-order valence-electron chi connectivity index (χ0n) is 7.67. The van der Waals surface area contributed by atoms with Crippen molar-refractivity contribution in [3.63, 3.8) is 0 Å². The Balaban J connectivity index is 2.61. The number of Topliss-reactive ketones (excluding diaryl/α,β-unsaturated/α-hetero) is 1. The third-order valence-corrected chi connectivity index (χ3v) is 2.44. The number of hydrogen-bond acceptors (Lipinski definition) is 3. The zero-order valence-corrected chi connectivity index (χ0v) is 8.43. The summed E-state index contributed by atoms with van der Waals surface area (Å²) in [7, 11) is 1.50. The van der Waals surface area contributed by atoms with E-state index in [1.165, 1.54) is 7.11 Å². The molecule has 1 aliphatic rings. The number of ether oxygens (including phenoxy) is 2. The maximum absolute atomic E-state index is 11.5. The fourth-order valence-corrected chi connectivity index (χ4v) is 1.70. The summed E-state index contributed by atoms with van der Waals surface area (Å²) in [5.74, 6) is 0.981. The number of rotatable bonds is 1. The molecular formula is C10H9ClO3. The van der Waals surface area contributed by atoms with Gasteiger partial charge in [-0.15, -0.1) is 0 Å². The van der Waals surface area contributed by atoms with Gasteiger partial charge in [0.15, 0.2) is 17.3 Å². The van der Waals surface area contributed by atoms with Crippen molar-refractivity contribution in [2.24, 2.45) is 0 Å². The summed E-state index contributed by atoms with van der Waals surface area (Å²) in [4.78, 5) is 11.5. The van der Waals surface area contributed by atoms with Gasteiger partial charge in [0.05, 0.1) is 24.3 Å². The second kappa shape index (κ2) is 3.50. The van der Waals surface area contributed by atoms with E-state index < -0.39 is 0 Å². The van der Waals surface area contributed by atoms with E-state index in [-0.39, 0.29) is 5.78 Å². The van der Waals surface area contributed by atoms with Crippen molar-refractivity contribution in [1.82, 2.24) is 0 Å². The zero-order chi connectivity index (χ0) is 10.1. The normalized spacial score (nSPS) is 14.6. The number of carbonyl (C=O) groups excluding carboxylic acids is 1. The first kappa shape index (κ1) is 9.34. The first-order chi connectivity index (χ1) is 6.74. The monoisotopic (exact) mass is 212 g/mol. The molecule has 1 aromatic rings. The van der Waals surface area contributed by atoms with Crippen LogP contribution in [0.1, 0.15) is 16.8 Å². The van der Waals surface area contributed by atoms with Crippen LogP contribution in [0.5, 0.6) is 11.5 Å². The molecule has 4 heteroatoms. The summed E-state index contributed by atoms with van der Waals surface area (Å²) in [5, 5.41) is 0.459. The van der Waals surface area contributed by atoms with E-state index >= 15 is 0 Å². The van der Waals surface area contributed by atoms with Crippen LogP contribution in [0.3, 0.4) is 0 Å². The van der Waals surface area contributed by atoms with E-state index in [0.717, 1.165) is 0 Å². The molecule has 2 rings (SSSR count). The summed E-state index contributed by atoms with van der Waals surface area (Å²) in [6.45, 7) is 0.391. The van der Waals surface area contributed by atoms with Crippen LogP contribution in [0.15, 0.2) is 12.1 Å². The van der Waals surface area contributed by atoms with E-state index in [0.29, 0.717) is 35.1 Å². The molecule has 0 fully saturated rings. The molecule has 14 heavy (non-hydrogen) atoms. The number of carbonyl (C=O) groups is 1. The highest BCUT2D eigenvalue weighted by Gasteiger charge is 2.23. The molecule has 0 saturated carbocycles. The lowest BCUT2D eigenvalue weighted by atomic mass is 10.0. The van der Waals surface area contributed by atoms with Gasteiger partial charge in [-0.05, 0) is 12.1 Å². The maximum Gasteiger partial charge on any atom is 0.180 e. The van der Waals surface area contributed by atoms with Gasteiger partial charge >= 0.3 is 0 Å². The van der Waals surface area contributed by atoms with Gasteiger partial charge < -0.3 is 9.47 Å². The number of benzene rings is 1. The number of hydrogen-bond donors (Lipinski definition) is 0. The van der Waals surface area contributed by atoms with Crippen LogP contribution in [-0.4, -0.2) is 19.5 Å². The molecule has 74 valence electrons. The second-order valence-corrected chi connectivity index (χ2v) is 3.39. The SMILES string of the molecule is COc1c(Cl)ccc2c1OCCC2=O. The molecule has 0 amide bonds. The lowest BCUT2D eigenvalue weighted by Crippen LogP contribution is -2.15. The van der Waals surface area contributed by atoms with Crippen LogP contribution in [0.4, 0.5) is 0 Å². The molecule has 0 aliphatic carbocycles. The smallest absolute Gasteiger partial charge is 0.180 e. The Hall–Kier alpha value is -1.22. The molecule has 0 atom stereocenters. The Bertz CT molecular complexity index is 387. The van der Waals surface area contributed by atoms with E-state index in [1.54, 1.807) is 12.1 Å². The van der Waals surface area contributed by atoms with Gasteiger partial charge in [0.1, 0.15) is 0 Å². The molecule has 1 aliphatic heterocycles. The summed E-state index contributed by atoms with van der Waals surface area (Å²) in [5.41, 5.74) is 0.553. The van der Waals surface area contributed by atoms with Gasteiger partial charge in [0.2, 0.25) is 0 Å². The van der Waals surface area contributed by atoms with Gasteiger partial charge in [-0.3, -0.25) is 4.79 Å². The second-order valence-electron chi connectivity index (χ2n) is 2.98. The predicted octanol–water partition coefficient (Wildman–Crippen LogP) is 2.31. The van der Waals surface area contributed by atoms with Crippen molar-refractivity contribution in [2.45, 2.75) is 6.42 Å². The van der Waals surface area contributed by atoms with E-state index in [1.807, 2.05) is 0 Å². The standard InChI is InChI=1S/C10H9ClO3/c1-13-10-7(11)3-2-6-8(12)4-5-14-9(6)10/h2-3H,4-5H2,1H3. The summed E-state index contributed by atoms with van der Waals surface area (Å²) >= 11 is 5.89. The topological polar surface area (TPSA) is 35.5 Å². The van der Waals surface area contributed by atoms with Crippen molar-refractivity contribution in [3.05, 3.63) is 22.7 Å². The molecule has 1 heterocycles. The predicted molar refractivity (Wildman–Crippen MR) is 52.4 cm³/mol. The van der Waals surface area contributed by atoms with Crippen molar-refractivity contribution < 1.29 is 14.3 Å². The van der Waals surface area contributed by atoms with Gasteiger partial charge in [-0.25, -0.2) is 0 Å². The van der Waals surface area contributed by atoms with Gasteiger partial charge in [-0.1, -0.05) is 11.6 Å². The third-order valence-electron chi connectivity index (χ3n) is 2.14. The minimum absolute atomic E-state index is 0.0706. The Morgan fingerprint density at radius 1 is 1.50 bits per heavy atom. The molecule has 0 unspecified atom stereocenters. The van der Waals surface area contributed by atoms with Crippen molar-refractivity contribution in [1.29, 1.82) is 0 Å². The van der Waals surface area contributed by atoms with Crippen LogP contribution in [0.2, 0.25) is 5.02 Å². The van der Waals surface area contributed by atoms with E-state index in [9.17, 15) is 4.79 Å². The Morgan fingerprint density at radius 2 is 2.29 bits per heavy atom. The average Bonchev–Trinajstić information content (AvgIpc) is 2.18. The number of methoxy groups -OCH3 is 1. The molecule has 0 saturated heterocycles. The van der Waals surface area contributed by atoms with Crippen LogP contribution in [0, 0.1) is 0 Å². The molecule has 0 radical (unpaired) electrons. The van der Waals surface area contributed by atoms with Crippen LogP contribution in [-0.2, 0) is 0 Å². The van der Waals surface area contributed by atoms with Gasteiger partial charge in [-0.2, -0.15) is 0 Å².